The molecule has 1 atom stereocenters. The van der Waals surface area contributed by atoms with Crippen LogP contribution >= 0.6 is 23.2 Å². The van der Waals surface area contributed by atoms with Crippen molar-refractivity contribution < 1.29 is 4.74 Å². The van der Waals surface area contributed by atoms with Crippen molar-refractivity contribution in [3.63, 3.8) is 0 Å². The molecule has 0 aliphatic heterocycles. The summed E-state index contributed by atoms with van der Waals surface area (Å²) >= 11 is 12.0. The molecule has 0 fully saturated rings. The SMILES string of the molecule is COc1cccc(C(C)(N)c2ccc(Cl)c(Cl)c2)c1. The highest BCUT2D eigenvalue weighted by atomic mass is 35.5. The molecule has 0 heterocycles. The lowest BCUT2D eigenvalue weighted by Gasteiger charge is -2.26. The summed E-state index contributed by atoms with van der Waals surface area (Å²) in [6.07, 6.45) is 0. The summed E-state index contributed by atoms with van der Waals surface area (Å²) in [4.78, 5) is 0. The predicted molar refractivity (Wildman–Crippen MR) is 80.1 cm³/mol. The van der Waals surface area contributed by atoms with Gasteiger partial charge in [0.05, 0.1) is 22.7 Å². The quantitative estimate of drug-likeness (QED) is 0.920. The second kappa shape index (κ2) is 5.41. The summed E-state index contributed by atoms with van der Waals surface area (Å²) < 4.78 is 5.23. The summed E-state index contributed by atoms with van der Waals surface area (Å²) in [5.41, 5.74) is 7.63. The van der Waals surface area contributed by atoms with E-state index in [1.165, 1.54) is 0 Å². The van der Waals surface area contributed by atoms with Gasteiger partial charge >= 0.3 is 0 Å². The molecule has 19 heavy (non-hydrogen) atoms. The van der Waals surface area contributed by atoms with E-state index in [1.54, 1.807) is 19.2 Å². The maximum atomic E-state index is 6.44. The molecule has 2 aromatic carbocycles. The van der Waals surface area contributed by atoms with Crippen LogP contribution in [0.4, 0.5) is 0 Å². The number of rotatable bonds is 3. The third-order valence-corrected chi connectivity index (χ3v) is 3.93. The van der Waals surface area contributed by atoms with Crippen LogP contribution in [0.2, 0.25) is 10.0 Å². The Morgan fingerprint density at radius 2 is 1.68 bits per heavy atom. The lowest BCUT2D eigenvalue weighted by molar-refractivity contribution is 0.413. The number of hydrogen-bond donors (Lipinski definition) is 1. The molecule has 2 aromatic rings. The zero-order valence-corrected chi connectivity index (χ0v) is 12.3. The van der Waals surface area contributed by atoms with Crippen molar-refractivity contribution in [2.45, 2.75) is 12.5 Å². The van der Waals surface area contributed by atoms with Gasteiger partial charge in [0.15, 0.2) is 0 Å². The van der Waals surface area contributed by atoms with E-state index in [1.807, 2.05) is 37.3 Å². The van der Waals surface area contributed by atoms with E-state index in [9.17, 15) is 0 Å². The van der Waals surface area contributed by atoms with Gasteiger partial charge in [-0.05, 0) is 42.3 Å². The standard InChI is InChI=1S/C15H15Cl2NO/c1-15(18,10-4-3-5-12(8-10)19-2)11-6-7-13(16)14(17)9-11/h3-9H,18H2,1-2H3. The van der Waals surface area contributed by atoms with Crippen LogP contribution in [0.1, 0.15) is 18.1 Å². The molecule has 0 radical (unpaired) electrons. The Kier molecular flexibility index (Phi) is 4.04. The predicted octanol–water partition coefficient (Wildman–Crippen LogP) is 4.22. The largest absolute Gasteiger partial charge is 0.497 e. The molecular weight excluding hydrogens is 281 g/mol. The topological polar surface area (TPSA) is 35.2 Å². The maximum Gasteiger partial charge on any atom is 0.119 e. The van der Waals surface area contributed by atoms with Crippen LogP contribution in [-0.4, -0.2) is 7.11 Å². The second-order valence-corrected chi connectivity index (χ2v) is 5.38. The fourth-order valence-corrected chi connectivity index (χ4v) is 2.23. The molecule has 0 saturated heterocycles. The minimum atomic E-state index is -0.664. The van der Waals surface area contributed by atoms with Gasteiger partial charge < -0.3 is 10.5 Å². The van der Waals surface area contributed by atoms with E-state index < -0.39 is 5.54 Å². The fraction of sp³-hybridized carbons (Fsp3) is 0.200. The molecule has 0 spiro atoms. The normalized spacial score (nSPS) is 13.9. The van der Waals surface area contributed by atoms with Gasteiger partial charge in [0.1, 0.15) is 5.75 Å². The Morgan fingerprint density at radius 1 is 1.00 bits per heavy atom. The lowest BCUT2D eigenvalue weighted by Crippen LogP contribution is -2.34. The van der Waals surface area contributed by atoms with E-state index in [0.29, 0.717) is 10.0 Å². The van der Waals surface area contributed by atoms with Crippen LogP contribution in [0.25, 0.3) is 0 Å². The van der Waals surface area contributed by atoms with Gasteiger partial charge in [-0.15, -0.1) is 0 Å². The summed E-state index contributed by atoms with van der Waals surface area (Å²) in [7, 11) is 1.63. The Bertz CT molecular complexity index is 596. The summed E-state index contributed by atoms with van der Waals surface area (Å²) in [5.74, 6) is 0.772. The van der Waals surface area contributed by atoms with Crippen molar-refractivity contribution >= 4 is 23.2 Å². The van der Waals surface area contributed by atoms with Gasteiger partial charge in [-0.1, -0.05) is 41.4 Å². The third-order valence-electron chi connectivity index (χ3n) is 3.19. The van der Waals surface area contributed by atoms with Crippen LogP contribution in [0.5, 0.6) is 5.75 Å². The highest BCUT2D eigenvalue weighted by Crippen LogP contribution is 2.32. The van der Waals surface area contributed by atoms with E-state index in [-0.39, 0.29) is 0 Å². The molecule has 100 valence electrons. The van der Waals surface area contributed by atoms with Crippen molar-refractivity contribution in [1.82, 2.24) is 0 Å². The summed E-state index contributed by atoms with van der Waals surface area (Å²) in [6, 6.07) is 13.1. The molecule has 1 unspecified atom stereocenters. The average molecular weight is 296 g/mol. The van der Waals surface area contributed by atoms with E-state index in [0.717, 1.165) is 16.9 Å². The molecule has 0 amide bonds. The van der Waals surface area contributed by atoms with E-state index in [4.69, 9.17) is 33.7 Å². The highest BCUT2D eigenvalue weighted by Gasteiger charge is 2.24. The first-order valence-electron chi connectivity index (χ1n) is 5.84. The smallest absolute Gasteiger partial charge is 0.119 e. The molecular formula is C15H15Cl2NO. The maximum absolute atomic E-state index is 6.44. The molecule has 4 heteroatoms. The highest BCUT2D eigenvalue weighted by molar-refractivity contribution is 6.42. The van der Waals surface area contributed by atoms with Crippen LogP contribution < -0.4 is 10.5 Å². The fourth-order valence-electron chi connectivity index (χ4n) is 1.93. The minimum absolute atomic E-state index is 0.499. The van der Waals surface area contributed by atoms with Gasteiger partial charge in [-0.3, -0.25) is 0 Å². The van der Waals surface area contributed by atoms with Crippen molar-refractivity contribution in [3.8, 4) is 5.75 Å². The molecule has 0 aromatic heterocycles. The number of nitrogens with two attached hydrogens (primary N) is 1. The number of halogens is 2. The van der Waals surface area contributed by atoms with Gasteiger partial charge in [0.2, 0.25) is 0 Å². The van der Waals surface area contributed by atoms with E-state index in [2.05, 4.69) is 0 Å². The Hall–Kier alpha value is -1.22. The number of hydrogen-bond acceptors (Lipinski definition) is 2. The lowest BCUT2D eigenvalue weighted by atomic mass is 9.85. The molecule has 0 bridgehead atoms. The molecule has 0 saturated carbocycles. The molecule has 0 aliphatic rings. The summed E-state index contributed by atoms with van der Waals surface area (Å²) in [6.45, 7) is 1.93. The van der Waals surface area contributed by atoms with Crippen molar-refractivity contribution in [1.29, 1.82) is 0 Å². The molecule has 2 rings (SSSR count). The van der Waals surface area contributed by atoms with Gasteiger partial charge in [-0.25, -0.2) is 0 Å². The third kappa shape index (κ3) is 2.86. The monoisotopic (exact) mass is 295 g/mol. The van der Waals surface area contributed by atoms with Gasteiger partial charge in [0.25, 0.3) is 0 Å². The Balaban J connectivity index is 2.47. The second-order valence-electron chi connectivity index (χ2n) is 4.56. The van der Waals surface area contributed by atoms with Crippen molar-refractivity contribution in [2.75, 3.05) is 7.11 Å². The van der Waals surface area contributed by atoms with Crippen molar-refractivity contribution in [3.05, 3.63) is 63.6 Å². The number of ether oxygens (including phenoxy) is 1. The van der Waals surface area contributed by atoms with Gasteiger partial charge in [0, 0.05) is 0 Å². The van der Waals surface area contributed by atoms with Crippen molar-refractivity contribution in [2.24, 2.45) is 5.73 Å². The zero-order valence-electron chi connectivity index (χ0n) is 10.8. The van der Waals surface area contributed by atoms with Crippen LogP contribution in [-0.2, 0) is 5.54 Å². The molecule has 2 nitrogen and oxygen atoms in total. The summed E-state index contributed by atoms with van der Waals surface area (Å²) in [5, 5.41) is 1.02. The minimum Gasteiger partial charge on any atom is -0.497 e. The Morgan fingerprint density at radius 3 is 2.32 bits per heavy atom. The first-order chi connectivity index (χ1) is 8.95. The van der Waals surface area contributed by atoms with E-state index >= 15 is 0 Å². The number of benzene rings is 2. The van der Waals surface area contributed by atoms with Crippen LogP contribution in [0.15, 0.2) is 42.5 Å². The zero-order chi connectivity index (χ0) is 14.0. The molecule has 2 N–H and O–H groups in total. The van der Waals surface area contributed by atoms with Gasteiger partial charge in [-0.2, -0.15) is 0 Å². The molecule has 0 aliphatic carbocycles. The number of methoxy groups -OCH3 is 1. The Labute approximate surface area is 123 Å². The average Bonchev–Trinajstić information content (AvgIpc) is 2.41. The van der Waals surface area contributed by atoms with Crippen LogP contribution in [0.3, 0.4) is 0 Å². The first-order valence-corrected chi connectivity index (χ1v) is 6.59. The van der Waals surface area contributed by atoms with Crippen LogP contribution in [0, 0.1) is 0 Å². The first kappa shape index (κ1) is 14.2.